The Morgan fingerprint density at radius 1 is 1.19 bits per heavy atom. The van der Waals surface area contributed by atoms with E-state index in [2.05, 4.69) is 5.10 Å². The lowest BCUT2D eigenvalue weighted by molar-refractivity contribution is -0.148. The molecule has 0 aliphatic rings. The van der Waals surface area contributed by atoms with Crippen molar-refractivity contribution in [2.75, 3.05) is 0 Å². The fourth-order valence-corrected chi connectivity index (χ4v) is 3.01. The lowest BCUT2D eigenvalue weighted by Crippen LogP contribution is -2.20. The third-order valence-electron chi connectivity index (χ3n) is 3.78. The molecule has 1 aromatic carbocycles. The average molecular weight is 366 g/mol. The first-order valence-corrected chi connectivity index (χ1v) is 9.00. The molecule has 5 nitrogen and oxygen atoms in total. The second-order valence-electron chi connectivity index (χ2n) is 5.71. The number of para-hydroxylation sites is 1. The van der Waals surface area contributed by atoms with Crippen molar-refractivity contribution < 1.29 is 14.3 Å². The van der Waals surface area contributed by atoms with Gasteiger partial charge in [-0.2, -0.15) is 5.10 Å². The molecule has 0 saturated carbocycles. The monoisotopic (exact) mass is 366 g/mol. The highest BCUT2D eigenvalue weighted by molar-refractivity contribution is 7.13. The smallest absolute Gasteiger partial charge is 0.331 e. The van der Waals surface area contributed by atoms with Crippen LogP contribution in [0.3, 0.4) is 0 Å². The summed E-state index contributed by atoms with van der Waals surface area (Å²) in [7, 11) is 0. The quantitative estimate of drug-likeness (QED) is 0.486. The van der Waals surface area contributed by atoms with E-state index < -0.39 is 12.1 Å². The Morgan fingerprint density at radius 3 is 2.62 bits per heavy atom. The van der Waals surface area contributed by atoms with E-state index in [9.17, 15) is 9.59 Å². The van der Waals surface area contributed by atoms with Gasteiger partial charge >= 0.3 is 5.97 Å². The van der Waals surface area contributed by atoms with Gasteiger partial charge in [0.25, 0.3) is 0 Å². The second-order valence-corrected chi connectivity index (χ2v) is 6.66. The molecule has 6 heteroatoms. The standard InChI is InChI=1S/C20H18N2O3S/c1-14(23)15(2)25-19(24)11-10-16-13-22(17-7-4-3-5-8-17)21-20(16)18-9-6-12-26-18/h3-13,15H,1-2H3/b11-10+. The van der Waals surface area contributed by atoms with E-state index in [1.807, 2.05) is 54.0 Å². The van der Waals surface area contributed by atoms with E-state index in [0.29, 0.717) is 0 Å². The molecule has 0 N–H and O–H groups in total. The minimum absolute atomic E-state index is 0.192. The van der Waals surface area contributed by atoms with Gasteiger partial charge in [-0.3, -0.25) is 4.79 Å². The summed E-state index contributed by atoms with van der Waals surface area (Å²) in [6.45, 7) is 2.94. The highest BCUT2D eigenvalue weighted by Gasteiger charge is 2.14. The van der Waals surface area contributed by atoms with Crippen LogP contribution in [0.2, 0.25) is 0 Å². The maximum absolute atomic E-state index is 11.9. The van der Waals surface area contributed by atoms with E-state index >= 15 is 0 Å². The third kappa shape index (κ3) is 4.15. The number of ketones is 1. The van der Waals surface area contributed by atoms with Crippen molar-refractivity contribution in [2.24, 2.45) is 0 Å². The average Bonchev–Trinajstić information content (AvgIpc) is 3.30. The van der Waals surface area contributed by atoms with Gasteiger partial charge in [0.1, 0.15) is 5.69 Å². The Kier molecular flexibility index (Phi) is 5.43. The third-order valence-corrected chi connectivity index (χ3v) is 4.66. The molecular formula is C20H18N2O3S. The summed E-state index contributed by atoms with van der Waals surface area (Å²) < 4.78 is 6.83. The van der Waals surface area contributed by atoms with Crippen LogP contribution in [0.15, 0.2) is 60.1 Å². The fourth-order valence-electron chi connectivity index (χ4n) is 2.28. The largest absolute Gasteiger partial charge is 0.452 e. The zero-order valence-corrected chi connectivity index (χ0v) is 15.3. The summed E-state index contributed by atoms with van der Waals surface area (Å²) in [5, 5.41) is 6.64. The predicted molar refractivity (Wildman–Crippen MR) is 102 cm³/mol. The zero-order chi connectivity index (χ0) is 18.5. The van der Waals surface area contributed by atoms with Crippen LogP contribution < -0.4 is 0 Å². The van der Waals surface area contributed by atoms with Crippen LogP contribution in [0.4, 0.5) is 0 Å². The molecule has 132 valence electrons. The molecule has 0 aliphatic carbocycles. The normalized spacial score (nSPS) is 12.2. The molecule has 3 aromatic rings. The summed E-state index contributed by atoms with van der Waals surface area (Å²) in [6.07, 6.45) is 4.10. The van der Waals surface area contributed by atoms with Crippen molar-refractivity contribution in [3.63, 3.8) is 0 Å². The van der Waals surface area contributed by atoms with Gasteiger partial charge in [-0.15, -0.1) is 11.3 Å². The highest BCUT2D eigenvalue weighted by atomic mass is 32.1. The number of carbonyl (C=O) groups excluding carboxylic acids is 2. The first kappa shape index (κ1) is 17.8. The number of hydrogen-bond acceptors (Lipinski definition) is 5. The van der Waals surface area contributed by atoms with Gasteiger partial charge in [0.2, 0.25) is 0 Å². The molecule has 0 saturated heterocycles. The van der Waals surface area contributed by atoms with Crippen molar-refractivity contribution in [3.05, 3.63) is 65.7 Å². The Bertz CT molecular complexity index is 927. The van der Waals surface area contributed by atoms with E-state index in [1.165, 1.54) is 13.0 Å². The van der Waals surface area contributed by atoms with Crippen molar-refractivity contribution in [1.29, 1.82) is 0 Å². The lowest BCUT2D eigenvalue weighted by atomic mass is 10.2. The summed E-state index contributed by atoms with van der Waals surface area (Å²) in [4.78, 5) is 24.1. The maximum atomic E-state index is 11.9. The molecule has 1 atom stereocenters. The molecule has 2 aromatic heterocycles. The van der Waals surface area contributed by atoms with Crippen LogP contribution in [0, 0.1) is 0 Å². The van der Waals surface area contributed by atoms with Gasteiger partial charge in [0, 0.05) is 17.8 Å². The van der Waals surface area contributed by atoms with Crippen LogP contribution in [-0.2, 0) is 14.3 Å². The fraction of sp³-hybridized carbons (Fsp3) is 0.150. The number of benzene rings is 1. The van der Waals surface area contributed by atoms with Gasteiger partial charge < -0.3 is 4.74 Å². The van der Waals surface area contributed by atoms with Crippen LogP contribution in [0.1, 0.15) is 19.4 Å². The van der Waals surface area contributed by atoms with Crippen LogP contribution in [0.5, 0.6) is 0 Å². The molecule has 0 bridgehead atoms. The van der Waals surface area contributed by atoms with Gasteiger partial charge in [-0.05, 0) is 43.5 Å². The number of nitrogens with zero attached hydrogens (tertiary/aromatic N) is 2. The molecule has 0 spiro atoms. The van der Waals surface area contributed by atoms with Crippen LogP contribution in [-0.4, -0.2) is 27.6 Å². The molecule has 1 unspecified atom stereocenters. The van der Waals surface area contributed by atoms with Crippen LogP contribution >= 0.6 is 11.3 Å². The number of aromatic nitrogens is 2. The lowest BCUT2D eigenvalue weighted by Gasteiger charge is -2.06. The minimum Gasteiger partial charge on any atom is -0.452 e. The number of hydrogen-bond donors (Lipinski definition) is 0. The number of rotatable bonds is 6. The molecule has 0 aliphatic heterocycles. The Labute approximate surface area is 155 Å². The van der Waals surface area contributed by atoms with Gasteiger partial charge in [-0.1, -0.05) is 24.3 Å². The molecule has 26 heavy (non-hydrogen) atoms. The van der Waals surface area contributed by atoms with Gasteiger partial charge in [0.05, 0.1) is 10.6 Å². The van der Waals surface area contributed by atoms with E-state index in [1.54, 1.807) is 29.0 Å². The highest BCUT2D eigenvalue weighted by Crippen LogP contribution is 2.28. The van der Waals surface area contributed by atoms with E-state index in [4.69, 9.17) is 4.74 Å². The first-order chi connectivity index (χ1) is 12.5. The van der Waals surface area contributed by atoms with Crippen molar-refractivity contribution in [3.8, 4) is 16.3 Å². The molecule has 0 fully saturated rings. The summed E-state index contributed by atoms with van der Waals surface area (Å²) in [5.41, 5.74) is 2.51. The van der Waals surface area contributed by atoms with Crippen molar-refractivity contribution >= 4 is 29.2 Å². The maximum Gasteiger partial charge on any atom is 0.331 e. The Balaban J connectivity index is 1.90. The number of esters is 1. The number of Topliss-reactive ketones (excluding diaryl/α,β-unsaturated/α-hetero) is 1. The Hall–Kier alpha value is -2.99. The van der Waals surface area contributed by atoms with E-state index in [-0.39, 0.29) is 5.78 Å². The first-order valence-electron chi connectivity index (χ1n) is 8.12. The zero-order valence-electron chi connectivity index (χ0n) is 14.5. The number of carbonyl (C=O) groups is 2. The molecule has 3 rings (SSSR count). The number of thiophene rings is 1. The number of ether oxygens (including phenoxy) is 1. The minimum atomic E-state index is -0.754. The summed E-state index contributed by atoms with van der Waals surface area (Å²) in [5.74, 6) is -0.750. The van der Waals surface area contributed by atoms with Crippen molar-refractivity contribution in [2.45, 2.75) is 20.0 Å². The molecule has 0 radical (unpaired) electrons. The molecule has 0 amide bonds. The van der Waals surface area contributed by atoms with Crippen molar-refractivity contribution in [1.82, 2.24) is 9.78 Å². The van der Waals surface area contributed by atoms with Crippen LogP contribution in [0.25, 0.3) is 22.3 Å². The Morgan fingerprint density at radius 2 is 1.96 bits per heavy atom. The SMILES string of the molecule is CC(=O)C(C)OC(=O)/C=C/c1cn(-c2ccccc2)nc1-c1cccs1. The second kappa shape index (κ2) is 7.93. The predicted octanol–water partition coefficient (Wildman–Crippen LogP) is 4.13. The summed E-state index contributed by atoms with van der Waals surface area (Å²) in [6, 6.07) is 13.7. The topological polar surface area (TPSA) is 61.2 Å². The molecule has 2 heterocycles. The van der Waals surface area contributed by atoms with Gasteiger partial charge in [0.15, 0.2) is 11.9 Å². The van der Waals surface area contributed by atoms with E-state index in [0.717, 1.165) is 21.8 Å². The summed E-state index contributed by atoms with van der Waals surface area (Å²) >= 11 is 1.58. The molecular weight excluding hydrogens is 348 g/mol. The van der Waals surface area contributed by atoms with Gasteiger partial charge in [-0.25, -0.2) is 9.48 Å².